The molecular weight excluding hydrogens is 565 g/mol. The molecule has 1 N–H and O–H groups in total. The molecule has 2 amide bonds. The van der Waals surface area contributed by atoms with Crippen molar-refractivity contribution >= 4 is 39.1 Å². The van der Waals surface area contributed by atoms with Crippen molar-refractivity contribution in [1.29, 1.82) is 0 Å². The lowest BCUT2D eigenvalue weighted by atomic mass is 10.1. The van der Waals surface area contributed by atoms with Crippen LogP contribution in [0.3, 0.4) is 0 Å². The average Bonchev–Trinajstić information content (AvgIpc) is 3.46. The van der Waals surface area contributed by atoms with E-state index >= 15 is 0 Å². The Morgan fingerprint density at radius 1 is 1.02 bits per heavy atom. The van der Waals surface area contributed by atoms with E-state index in [4.69, 9.17) is 11.6 Å². The average molecular weight is 600 g/mol. The van der Waals surface area contributed by atoms with Crippen LogP contribution in [0.2, 0.25) is 5.02 Å². The summed E-state index contributed by atoms with van der Waals surface area (Å²) in [5.41, 5.74) is 1.84. The molecule has 3 aromatic rings. The van der Waals surface area contributed by atoms with E-state index in [9.17, 15) is 22.4 Å². The summed E-state index contributed by atoms with van der Waals surface area (Å²) in [4.78, 5) is 29.0. The van der Waals surface area contributed by atoms with Crippen LogP contribution in [-0.4, -0.2) is 43.8 Å². The lowest BCUT2D eigenvalue weighted by molar-refractivity contribution is -0.140. The zero-order valence-corrected chi connectivity index (χ0v) is 24.8. The number of nitrogens with zero attached hydrogens (tertiary/aromatic N) is 2. The zero-order chi connectivity index (χ0) is 29.6. The van der Waals surface area contributed by atoms with Crippen molar-refractivity contribution in [2.75, 3.05) is 10.8 Å². The van der Waals surface area contributed by atoms with Crippen LogP contribution in [0.1, 0.15) is 50.2 Å². The number of hydrogen-bond acceptors (Lipinski definition) is 4. The molecule has 10 heteroatoms. The molecule has 1 fully saturated rings. The van der Waals surface area contributed by atoms with Crippen LogP contribution in [0.25, 0.3) is 0 Å². The van der Waals surface area contributed by atoms with Crippen LogP contribution in [0.15, 0.2) is 77.7 Å². The van der Waals surface area contributed by atoms with Crippen molar-refractivity contribution in [3.8, 4) is 0 Å². The Labute approximate surface area is 246 Å². The Hall–Kier alpha value is -3.43. The summed E-state index contributed by atoms with van der Waals surface area (Å²) >= 11 is 6.03. The van der Waals surface area contributed by atoms with Gasteiger partial charge in [-0.3, -0.25) is 13.9 Å². The minimum atomic E-state index is -4.26. The molecule has 1 atom stereocenters. The maximum Gasteiger partial charge on any atom is 0.264 e. The number of hydrogen-bond donors (Lipinski definition) is 1. The van der Waals surface area contributed by atoms with E-state index in [0.29, 0.717) is 6.42 Å². The lowest BCUT2D eigenvalue weighted by Gasteiger charge is -2.34. The van der Waals surface area contributed by atoms with Gasteiger partial charge in [-0.2, -0.15) is 0 Å². The van der Waals surface area contributed by atoms with Gasteiger partial charge in [-0.25, -0.2) is 12.8 Å². The predicted octanol–water partition coefficient (Wildman–Crippen LogP) is 5.85. The largest absolute Gasteiger partial charge is 0.352 e. The first-order valence-corrected chi connectivity index (χ1v) is 15.6. The zero-order valence-electron chi connectivity index (χ0n) is 23.2. The number of nitrogens with one attached hydrogen (secondary N) is 1. The lowest BCUT2D eigenvalue weighted by Crippen LogP contribution is -2.53. The molecule has 0 unspecified atom stereocenters. The van der Waals surface area contributed by atoms with Gasteiger partial charge in [0.1, 0.15) is 18.4 Å². The van der Waals surface area contributed by atoms with Crippen molar-refractivity contribution in [2.45, 2.75) is 69.5 Å². The SMILES string of the molecule is CC[C@@H](C(=O)NC1CCCC1)N(Cc1cccc(C)c1)C(=O)CN(c1ccc(F)c(Cl)c1)S(=O)(=O)c1ccccc1. The number of rotatable bonds is 11. The van der Waals surface area contributed by atoms with Crippen LogP contribution in [0.5, 0.6) is 0 Å². The van der Waals surface area contributed by atoms with Gasteiger partial charge in [0.25, 0.3) is 10.0 Å². The van der Waals surface area contributed by atoms with Crippen LogP contribution in [0, 0.1) is 12.7 Å². The molecule has 0 spiro atoms. The smallest absolute Gasteiger partial charge is 0.264 e. The minimum absolute atomic E-state index is 0.0348. The summed E-state index contributed by atoms with van der Waals surface area (Å²) in [6.07, 6.45) is 4.20. The molecule has 0 radical (unpaired) electrons. The van der Waals surface area contributed by atoms with E-state index in [0.717, 1.165) is 47.2 Å². The highest BCUT2D eigenvalue weighted by molar-refractivity contribution is 7.92. The number of halogens is 2. The molecule has 218 valence electrons. The predicted molar refractivity (Wildman–Crippen MR) is 159 cm³/mol. The van der Waals surface area contributed by atoms with Crippen molar-refractivity contribution in [3.63, 3.8) is 0 Å². The van der Waals surface area contributed by atoms with Gasteiger partial charge < -0.3 is 10.2 Å². The first kappa shape index (κ1) is 30.5. The molecule has 1 aliphatic rings. The Bertz CT molecular complexity index is 1480. The normalized spacial score (nSPS) is 14.4. The molecule has 0 aliphatic heterocycles. The Morgan fingerprint density at radius 3 is 2.37 bits per heavy atom. The fourth-order valence-corrected chi connectivity index (χ4v) is 6.78. The summed E-state index contributed by atoms with van der Waals surface area (Å²) in [5.74, 6) is -1.54. The molecule has 1 saturated carbocycles. The molecule has 1 aliphatic carbocycles. The maximum atomic E-state index is 14.1. The van der Waals surface area contributed by atoms with E-state index in [1.54, 1.807) is 18.2 Å². The van der Waals surface area contributed by atoms with Crippen LogP contribution < -0.4 is 9.62 Å². The Balaban J connectivity index is 1.72. The molecule has 4 rings (SSSR count). The summed E-state index contributed by atoms with van der Waals surface area (Å²) < 4.78 is 42.6. The standard InChI is InChI=1S/C31H35ClFN3O4S/c1-3-29(31(38)34-24-12-7-8-13-24)35(20-23-11-9-10-22(2)18-23)30(37)21-36(25-16-17-28(33)27(32)19-25)41(39,40)26-14-5-4-6-15-26/h4-6,9-11,14-19,24,29H,3,7-8,12-13,20-21H2,1-2H3,(H,34,38)/t29-/m0/s1. The van der Waals surface area contributed by atoms with E-state index in [1.165, 1.54) is 29.2 Å². The number of sulfonamides is 1. The molecule has 3 aromatic carbocycles. The second-order valence-electron chi connectivity index (χ2n) is 10.3. The summed E-state index contributed by atoms with van der Waals surface area (Å²) in [6, 6.07) is 18.0. The molecule has 0 aromatic heterocycles. The molecule has 0 heterocycles. The third kappa shape index (κ3) is 7.45. The van der Waals surface area contributed by atoms with Crippen molar-refractivity contribution < 1.29 is 22.4 Å². The van der Waals surface area contributed by atoms with Crippen LogP contribution in [-0.2, 0) is 26.2 Å². The Morgan fingerprint density at radius 2 is 1.73 bits per heavy atom. The second kappa shape index (κ2) is 13.5. The van der Waals surface area contributed by atoms with Crippen LogP contribution in [0.4, 0.5) is 10.1 Å². The first-order valence-electron chi connectivity index (χ1n) is 13.8. The number of benzene rings is 3. The van der Waals surface area contributed by atoms with Gasteiger partial charge in [0.05, 0.1) is 15.6 Å². The van der Waals surface area contributed by atoms with Crippen molar-refractivity contribution in [1.82, 2.24) is 10.2 Å². The highest BCUT2D eigenvalue weighted by atomic mass is 35.5. The molecule has 0 bridgehead atoms. The molecular formula is C31H35ClFN3O4S. The van der Waals surface area contributed by atoms with Gasteiger partial charge in [-0.15, -0.1) is 0 Å². The minimum Gasteiger partial charge on any atom is -0.352 e. The fraction of sp³-hybridized carbons (Fsp3) is 0.355. The van der Waals surface area contributed by atoms with Gasteiger partial charge in [0.15, 0.2) is 0 Å². The highest BCUT2D eigenvalue weighted by Gasteiger charge is 2.34. The third-order valence-corrected chi connectivity index (χ3v) is 9.40. The summed E-state index contributed by atoms with van der Waals surface area (Å²) in [5, 5.41) is 2.82. The van der Waals surface area contributed by atoms with E-state index < -0.39 is 34.3 Å². The van der Waals surface area contributed by atoms with Gasteiger partial charge in [0, 0.05) is 12.6 Å². The molecule has 41 heavy (non-hydrogen) atoms. The number of amides is 2. The van der Waals surface area contributed by atoms with Gasteiger partial charge in [-0.05, 0) is 62.1 Å². The van der Waals surface area contributed by atoms with Crippen LogP contribution >= 0.6 is 11.6 Å². The van der Waals surface area contributed by atoms with Gasteiger partial charge >= 0.3 is 0 Å². The molecule has 0 saturated heterocycles. The number of carbonyl (C=O) groups excluding carboxylic acids is 2. The second-order valence-corrected chi connectivity index (χ2v) is 12.6. The molecule has 7 nitrogen and oxygen atoms in total. The van der Waals surface area contributed by atoms with Crippen molar-refractivity contribution in [3.05, 3.63) is 94.8 Å². The quantitative estimate of drug-likeness (QED) is 0.300. The van der Waals surface area contributed by atoms with E-state index in [2.05, 4.69) is 5.32 Å². The first-order chi connectivity index (χ1) is 19.6. The number of carbonyl (C=O) groups is 2. The maximum absolute atomic E-state index is 14.1. The highest BCUT2D eigenvalue weighted by Crippen LogP contribution is 2.28. The van der Waals surface area contributed by atoms with E-state index in [-0.39, 0.29) is 34.1 Å². The van der Waals surface area contributed by atoms with Gasteiger partial charge in [-0.1, -0.05) is 79.4 Å². The Kier molecular flexibility index (Phi) is 10.0. The van der Waals surface area contributed by atoms with Crippen molar-refractivity contribution in [2.24, 2.45) is 0 Å². The summed E-state index contributed by atoms with van der Waals surface area (Å²) in [7, 11) is -4.26. The third-order valence-electron chi connectivity index (χ3n) is 7.32. The van der Waals surface area contributed by atoms with Gasteiger partial charge in [0.2, 0.25) is 11.8 Å². The number of aryl methyl sites for hydroxylation is 1. The number of anilines is 1. The monoisotopic (exact) mass is 599 g/mol. The van der Waals surface area contributed by atoms with E-state index in [1.807, 2.05) is 38.1 Å². The fourth-order valence-electron chi connectivity index (χ4n) is 5.18. The summed E-state index contributed by atoms with van der Waals surface area (Å²) in [6.45, 7) is 3.26. The topological polar surface area (TPSA) is 86.8 Å².